The molecule has 1 heterocycles. The van der Waals surface area contributed by atoms with Crippen molar-refractivity contribution in [1.82, 2.24) is 5.32 Å². The molecule has 0 bridgehead atoms. The van der Waals surface area contributed by atoms with Gasteiger partial charge in [-0.1, -0.05) is 6.07 Å². The van der Waals surface area contributed by atoms with Gasteiger partial charge in [-0.25, -0.2) is 8.42 Å². The topological polar surface area (TPSA) is 119 Å². The molecule has 0 radical (unpaired) electrons. The molecular weight excluding hydrogens is 350 g/mol. The minimum atomic E-state index is -3.80. The minimum absolute atomic E-state index is 0.0600. The molecule has 0 spiro atoms. The molecule has 1 aromatic carbocycles. The van der Waals surface area contributed by atoms with Crippen LogP contribution in [0.2, 0.25) is 0 Å². The van der Waals surface area contributed by atoms with Crippen LogP contribution in [0.1, 0.15) is 18.4 Å². The van der Waals surface area contributed by atoms with Crippen molar-refractivity contribution in [3.8, 4) is 0 Å². The van der Waals surface area contributed by atoms with E-state index in [1.165, 1.54) is 12.1 Å². The summed E-state index contributed by atoms with van der Waals surface area (Å²) in [7, 11) is -3.80. The summed E-state index contributed by atoms with van der Waals surface area (Å²) in [6, 6.07) is 3.90. The molecule has 138 valence electrons. The van der Waals surface area contributed by atoms with Gasteiger partial charge in [0.05, 0.1) is 23.0 Å². The summed E-state index contributed by atoms with van der Waals surface area (Å²) in [5.41, 5.74) is 0.390. The van der Waals surface area contributed by atoms with Gasteiger partial charge in [-0.15, -0.1) is 0 Å². The lowest BCUT2D eigenvalue weighted by Crippen LogP contribution is -2.42. The van der Waals surface area contributed by atoms with Crippen molar-refractivity contribution in [1.29, 1.82) is 0 Å². The van der Waals surface area contributed by atoms with Gasteiger partial charge in [0.15, 0.2) is 0 Å². The Balaban J connectivity index is 2.18. The molecule has 25 heavy (non-hydrogen) atoms. The van der Waals surface area contributed by atoms with Crippen molar-refractivity contribution >= 4 is 27.3 Å². The first-order chi connectivity index (χ1) is 11.7. The Labute approximate surface area is 146 Å². The van der Waals surface area contributed by atoms with Crippen LogP contribution >= 0.6 is 0 Å². The van der Waals surface area contributed by atoms with Gasteiger partial charge in [0.2, 0.25) is 15.9 Å². The summed E-state index contributed by atoms with van der Waals surface area (Å²) in [5, 5.41) is 13.6. The van der Waals surface area contributed by atoms with E-state index in [4.69, 9.17) is 4.74 Å². The molecule has 1 N–H and O–H groups in total. The number of hydrogen-bond acceptors (Lipinski definition) is 6. The maximum atomic E-state index is 12.2. The van der Waals surface area contributed by atoms with Crippen LogP contribution in [0.25, 0.3) is 0 Å². The molecule has 1 aromatic rings. The van der Waals surface area contributed by atoms with Crippen molar-refractivity contribution in [2.45, 2.75) is 25.9 Å². The van der Waals surface area contributed by atoms with Crippen LogP contribution in [0.4, 0.5) is 11.4 Å². The lowest BCUT2D eigenvalue weighted by Gasteiger charge is -2.23. The number of carbonyl (C=O) groups excluding carboxylic acids is 1. The zero-order valence-corrected chi connectivity index (χ0v) is 14.9. The predicted octanol–water partition coefficient (Wildman–Crippen LogP) is 0.964. The molecule has 0 saturated carbocycles. The standard InChI is InChI=1S/C15H21N3O6S/c1-11-5-6-12(18(20)21)8-14(11)17(25(2,22)23)10-15(19)16-9-13-4-3-7-24-13/h5-6,8,13H,3-4,7,9-10H2,1-2H3,(H,16,19)/t13-/m1/s1. The zero-order valence-electron chi connectivity index (χ0n) is 14.1. The fraction of sp³-hybridized carbons (Fsp3) is 0.533. The van der Waals surface area contributed by atoms with Gasteiger partial charge in [-0.3, -0.25) is 19.2 Å². The average Bonchev–Trinajstić information content (AvgIpc) is 3.03. The maximum Gasteiger partial charge on any atom is 0.271 e. The fourth-order valence-corrected chi connectivity index (χ4v) is 3.49. The quantitative estimate of drug-likeness (QED) is 0.563. The highest BCUT2D eigenvalue weighted by atomic mass is 32.2. The zero-order chi connectivity index (χ0) is 18.6. The Morgan fingerprint density at radius 1 is 1.48 bits per heavy atom. The van der Waals surface area contributed by atoms with E-state index in [9.17, 15) is 23.3 Å². The van der Waals surface area contributed by atoms with E-state index in [-0.39, 0.29) is 17.5 Å². The number of nitrogens with one attached hydrogen (secondary N) is 1. The molecule has 1 amide bonds. The van der Waals surface area contributed by atoms with Crippen LogP contribution in [0.5, 0.6) is 0 Å². The number of non-ortho nitro benzene ring substituents is 1. The Morgan fingerprint density at radius 2 is 2.20 bits per heavy atom. The second kappa shape index (κ2) is 7.79. The Kier molecular flexibility index (Phi) is 5.96. The van der Waals surface area contributed by atoms with Gasteiger partial charge in [0, 0.05) is 25.3 Å². The molecule has 10 heteroatoms. The van der Waals surface area contributed by atoms with Crippen LogP contribution in [0.15, 0.2) is 18.2 Å². The normalized spacial score (nSPS) is 17.3. The highest BCUT2D eigenvalue weighted by Crippen LogP contribution is 2.27. The monoisotopic (exact) mass is 371 g/mol. The van der Waals surface area contributed by atoms with Crippen LogP contribution in [-0.4, -0.2) is 51.3 Å². The summed E-state index contributed by atoms with van der Waals surface area (Å²) in [6.45, 7) is 2.14. The molecule has 0 aromatic heterocycles. The first kappa shape index (κ1) is 19.1. The van der Waals surface area contributed by atoms with E-state index in [2.05, 4.69) is 5.32 Å². The Hall–Kier alpha value is -2.20. The number of carbonyl (C=O) groups is 1. The number of amides is 1. The molecule has 1 aliphatic rings. The van der Waals surface area contributed by atoms with Crippen LogP contribution in [0, 0.1) is 17.0 Å². The molecule has 0 aliphatic carbocycles. The van der Waals surface area contributed by atoms with E-state index >= 15 is 0 Å². The summed E-state index contributed by atoms with van der Waals surface area (Å²) >= 11 is 0. The van der Waals surface area contributed by atoms with Crippen molar-refractivity contribution in [2.24, 2.45) is 0 Å². The third-order valence-electron chi connectivity index (χ3n) is 3.91. The van der Waals surface area contributed by atoms with Crippen LogP contribution in [0.3, 0.4) is 0 Å². The second-order valence-electron chi connectivity index (χ2n) is 5.94. The van der Waals surface area contributed by atoms with Gasteiger partial charge < -0.3 is 10.1 Å². The SMILES string of the molecule is Cc1ccc([N+](=O)[O-])cc1N(CC(=O)NC[C@H]1CCCO1)S(C)(=O)=O. The number of hydrogen-bond donors (Lipinski definition) is 1. The number of nitrogens with zero attached hydrogens (tertiary/aromatic N) is 2. The Morgan fingerprint density at radius 3 is 2.76 bits per heavy atom. The number of rotatable bonds is 7. The molecule has 9 nitrogen and oxygen atoms in total. The van der Waals surface area contributed by atoms with Gasteiger partial charge in [-0.2, -0.15) is 0 Å². The number of anilines is 1. The first-order valence-electron chi connectivity index (χ1n) is 7.79. The molecule has 1 saturated heterocycles. The third kappa shape index (κ3) is 5.13. The lowest BCUT2D eigenvalue weighted by molar-refractivity contribution is -0.384. The maximum absolute atomic E-state index is 12.2. The van der Waals surface area contributed by atoms with Gasteiger partial charge in [0.25, 0.3) is 5.69 Å². The molecule has 1 aliphatic heterocycles. The fourth-order valence-electron chi connectivity index (χ4n) is 2.58. The van der Waals surface area contributed by atoms with Crippen molar-refractivity contribution in [3.05, 3.63) is 33.9 Å². The molecular formula is C15H21N3O6S. The van der Waals surface area contributed by atoms with Gasteiger partial charge in [-0.05, 0) is 25.3 Å². The number of aryl methyl sites for hydroxylation is 1. The van der Waals surface area contributed by atoms with Crippen LogP contribution in [-0.2, 0) is 19.6 Å². The first-order valence-corrected chi connectivity index (χ1v) is 9.64. The minimum Gasteiger partial charge on any atom is -0.376 e. The van der Waals surface area contributed by atoms with Gasteiger partial charge >= 0.3 is 0 Å². The second-order valence-corrected chi connectivity index (χ2v) is 7.84. The largest absolute Gasteiger partial charge is 0.376 e. The van der Waals surface area contributed by atoms with E-state index in [1.807, 2.05) is 0 Å². The van der Waals surface area contributed by atoms with E-state index in [0.29, 0.717) is 18.7 Å². The molecule has 2 rings (SSSR count). The molecule has 1 fully saturated rings. The van der Waals surface area contributed by atoms with E-state index in [0.717, 1.165) is 29.5 Å². The average molecular weight is 371 g/mol. The van der Waals surface area contributed by atoms with Crippen LogP contribution < -0.4 is 9.62 Å². The van der Waals surface area contributed by atoms with E-state index in [1.54, 1.807) is 6.92 Å². The summed E-state index contributed by atoms with van der Waals surface area (Å²) < 4.78 is 30.5. The smallest absolute Gasteiger partial charge is 0.271 e. The number of nitro groups is 1. The van der Waals surface area contributed by atoms with Crippen molar-refractivity contribution in [3.63, 3.8) is 0 Å². The summed E-state index contributed by atoms with van der Waals surface area (Å²) in [6.07, 6.45) is 2.68. The lowest BCUT2D eigenvalue weighted by atomic mass is 10.2. The number of sulfonamides is 1. The molecule has 0 unspecified atom stereocenters. The van der Waals surface area contributed by atoms with Crippen molar-refractivity contribution < 1.29 is 22.9 Å². The van der Waals surface area contributed by atoms with Gasteiger partial charge in [0.1, 0.15) is 6.54 Å². The number of ether oxygens (including phenoxy) is 1. The van der Waals surface area contributed by atoms with Crippen molar-refractivity contribution in [2.75, 3.05) is 30.3 Å². The predicted molar refractivity (Wildman–Crippen MR) is 92.0 cm³/mol. The summed E-state index contributed by atoms with van der Waals surface area (Å²) in [5.74, 6) is -0.494. The Bertz CT molecular complexity index is 759. The highest BCUT2D eigenvalue weighted by molar-refractivity contribution is 7.92. The number of nitro benzene ring substituents is 1. The highest BCUT2D eigenvalue weighted by Gasteiger charge is 2.25. The number of benzene rings is 1. The summed E-state index contributed by atoms with van der Waals surface area (Å²) in [4.78, 5) is 22.5. The third-order valence-corrected chi connectivity index (χ3v) is 5.04. The van der Waals surface area contributed by atoms with E-state index < -0.39 is 27.4 Å². The molecule has 1 atom stereocenters.